The molecule has 228 valence electrons. The van der Waals surface area contributed by atoms with Crippen LogP contribution in [-0.4, -0.2) is 18.5 Å². The summed E-state index contributed by atoms with van der Waals surface area (Å²) in [5, 5.41) is 9.25. The Kier molecular flexibility index (Phi) is 13.8. The number of benzene rings is 3. The Morgan fingerprint density at radius 1 is 0.651 bits per heavy atom. The van der Waals surface area contributed by atoms with Crippen molar-refractivity contribution in [3.63, 3.8) is 0 Å². The fraction of sp³-hybridized carbons (Fsp3) is 0.432. The van der Waals surface area contributed by atoms with Crippen molar-refractivity contribution in [3.8, 4) is 34.4 Å². The number of ether oxygens (including phenoxy) is 3. The zero-order chi connectivity index (χ0) is 30.9. The fourth-order valence-corrected chi connectivity index (χ4v) is 4.55. The Balaban J connectivity index is 1.40. The second-order valence-electron chi connectivity index (χ2n) is 11.2. The fourth-order valence-electron chi connectivity index (χ4n) is 4.55. The van der Waals surface area contributed by atoms with Crippen molar-refractivity contribution in [1.29, 1.82) is 5.26 Å². The Hall–Kier alpha value is -4.11. The molecule has 0 radical (unpaired) electrons. The van der Waals surface area contributed by atoms with Crippen LogP contribution in [0.1, 0.15) is 102 Å². The summed E-state index contributed by atoms with van der Waals surface area (Å²) in [7, 11) is 0. The Morgan fingerprint density at radius 2 is 1.12 bits per heavy atom. The van der Waals surface area contributed by atoms with Crippen LogP contribution in [0.3, 0.4) is 0 Å². The number of carbonyl (C=O) groups is 2. The molecule has 1 atom stereocenters. The van der Waals surface area contributed by atoms with Crippen LogP contribution in [0.25, 0.3) is 11.1 Å². The van der Waals surface area contributed by atoms with E-state index in [4.69, 9.17) is 14.2 Å². The molecule has 0 fully saturated rings. The molecule has 0 aliphatic heterocycles. The molecule has 0 saturated heterocycles. The topological polar surface area (TPSA) is 85.6 Å². The Morgan fingerprint density at radius 3 is 1.63 bits per heavy atom. The van der Waals surface area contributed by atoms with Crippen molar-refractivity contribution in [1.82, 2.24) is 0 Å². The molecule has 3 aromatic carbocycles. The highest BCUT2D eigenvalue weighted by Crippen LogP contribution is 2.26. The minimum atomic E-state index is -1.21. The van der Waals surface area contributed by atoms with E-state index in [-0.39, 0.29) is 5.75 Å². The lowest BCUT2D eigenvalue weighted by Crippen LogP contribution is -2.29. The molecule has 0 aliphatic carbocycles. The van der Waals surface area contributed by atoms with Gasteiger partial charge in [0.2, 0.25) is 0 Å². The number of unbranched alkanes of at least 4 members (excludes halogenated alkanes) is 9. The number of hydrogen-bond acceptors (Lipinski definition) is 6. The average Bonchev–Trinajstić information content (AvgIpc) is 3.04. The first-order chi connectivity index (χ1) is 20.9. The lowest BCUT2D eigenvalue weighted by molar-refractivity contribution is -0.142. The van der Waals surface area contributed by atoms with E-state index in [1.54, 1.807) is 38.1 Å². The maximum Gasteiger partial charge on any atom is 0.343 e. The molecule has 0 aliphatic rings. The summed E-state index contributed by atoms with van der Waals surface area (Å²) >= 11 is 0. The smallest absolute Gasteiger partial charge is 0.343 e. The van der Waals surface area contributed by atoms with E-state index in [1.807, 2.05) is 42.5 Å². The molecule has 43 heavy (non-hydrogen) atoms. The number of nitrogens with zero attached hydrogens (tertiary/aromatic N) is 1. The van der Waals surface area contributed by atoms with Crippen molar-refractivity contribution < 1.29 is 23.8 Å². The quantitative estimate of drug-likeness (QED) is 0.0842. The van der Waals surface area contributed by atoms with Crippen LogP contribution in [0.5, 0.6) is 17.2 Å². The summed E-state index contributed by atoms with van der Waals surface area (Å²) < 4.78 is 16.7. The van der Waals surface area contributed by atoms with Crippen molar-refractivity contribution in [2.75, 3.05) is 6.61 Å². The van der Waals surface area contributed by atoms with Crippen LogP contribution in [-0.2, 0) is 4.79 Å². The summed E-state index contributed by atoms with van der Waals surface area (Å²) in [6.07, 6.45) is 13.4. The van der Waals surface area contributed by atoms with E-state index in [1.165, 1.54) is 69.9 Å². The van der Waals surface area contributed by atoms with Crippen molar-refractivity contribution in [2.45, 2.75) is 91.4 Å². The molecule has 3 rings (SSSR count). The first-order valence-corrected chi connectivity index (χ1v) is 15.7. The predicted octanol–water partition coefficient (Wildman–Crippen LogP) is 9.72. The molecule has 0 amide bonds. The minimum absolute atomic E-state index is 0.277. The molecule has 6 nitrogen and oxygen atoms in total. The summed E-state index contributed by atoms with van der Waals surface area (Å²) in [4.78, 5) is 24.9. The standard InChI is InChI=1S/C37H45NO5/c1-4-6-7-8-9-10-11-12-13-14-27-41-32-21-19-30(20-22-32)29-15-17-31(18-16-29)35(39)42-33-23-25-34(26-24-33)43-36(40)37(3,5-2)28-38/h15-26H,4-14,27H2,1-3H3. The van der Waals surface area contributed by atoms with E-state index in [0.717, 1.165) is 29.9 Å². The lowest BCUT2D eigenvalue weighted by Gasteiger charge is -2.17. The zero-order valence-electron chi connectivity index (χ0n) is 25.9. The molecular formula is C37H45NO5. The molecule has 0 bridgehead atoms. The zero-order valence-corrected chi connectivity index (χ0v) is 25.9. The van der Waals surface area contributed by atoms with Crippen LogP contribution in [0.4, 0.5) is 0 Å². The first-order valence-electron chi connectivity index (χ1n) is 15.7. The Bertz CT molecular complexity index is 1310. The minimum Gasteiger partial charge on any atom is -0.494 e. The third-order valence-corrected chi connectivity index (χ3v) is 7.72. The first kappa shape index (κ1) is 33.4. The van der Waals surface area contributed by atoms with Gasteiger partial charge in [-0.1, -0.05) is 95.9 Å². The van der Waals surface area contributed by atoms with E-state index >= 15 is 0 Å². The van der Waals surface area contributed by atoms with Gasteiger partial charge in [0.25, 0.3) is 0 Å². The SMILES string of the molecule is CCCCCCCCCCCCOc1ccc(-c2ccc(C(=O)Oc3ccc(OC(=O)C(C)(C#N)CC)cc3)cc2)cc1. The molecule has 0 N–H and O–H groups in total. The molecule has 6 heteroatoms. The maximum atomic E-state index is 12.7. The van der Waals surface area contributed by atoms with Gasteiger partial charge in [-0.15, -0.1) is 0 Å². The van der Waals surface area contributed by atoms with E-state index in [2.05, 4.69) is 6.92 Å². The largest absolute Gasteiger partial charge is 0.494 e. The Labute approximate surface area is 257 Å². The highest BCUT2D eigenvalue weighted by atomic mass is 16.5. The van der Waals surface area contributed by atoms with Gasteiger partial charge in [-0.3, -0.25) is 0 Å². The summed E-state index contributed by atoms with van der Waals surface area (Å²) in [6, 6.07) is 23.4. The summed E-state index contributed by atoms with van der Waals surface area (Å²) in [5.41, 5.74) is 1.23. The van der Waals surface area contributed by atoms with Crippen LogP contribution in [0, 0.1) is 16.7 Å². The van der Waals surface area contributed by atoms with Gasteiger partial charge in [-0.25, -0.2) is 9.59 Å². The van der Waals surface area contributed by atoms with Gasteiger partial charge in [0, 0.05) is 0 Å². The molecule has 0 aromatic heterocycles. The third kappa shape index (κ3) is 10.9. The summed E-state index contributed by atoms with van der Waals surface area (Å²) in [5.74, 6) is 0.356. The molecule has 3 aromatic rings. The van der Waals surface area contributed by atoms with Gasteiger partial charge < -0.3 is 14.2 Å². The average molecular weight is 584 g/mol. The van der Waals surface area contributed by atoms with Crippen molar-refractivity contribution >= 4 is 11.9 Å². The molecule has 1 unspecified atom stereocenters. The number of carbonyl (C=O) groups excluding carboxylic acids is 2. The molecule has 0 heterocycles. The summed E-state index contributed by atoms with van der Waals surface area (Å²) in [6.45, 7) is 6.29. The molecule has 0 spiro atoms. The highest BCUT2D eigenvalue weighted by Gasteiger charge is 2.33. The van der Waals surface area contributed by atoms with Gasteiger partial charge in [-0.05, 0) is 79.4 Å². The third-order valence-electron chi connectivity index (χ3n) is 7.72. The number of nitriles is 1. The van der Waals surface area contributed by atoms with Gasteiger partial charge in [0.1, 0.15) is 17.2 Å². The van der Waals surface area contributed by atoms with Gasteiger partial charge in [0.15, 0.2) is 5.41 Å². The van der Waals surface area contributed by atoms with E-state index in [0.29, 0.717) is 17.7 Å². The van der Waals surface area contributed by atoms with Crippen molar-refractivity contribution in [2.24, 2.45) is 5.41 Å². The van der Waals surface area contributed by atoms with Crippen LogP contribution < -0.4 is 14.2 Å². The molecule has 0 saturated carbocycles. The lowest BCUT2D eigenvalue weighted by atomic mass is 9.90. The van der Waals surface area contributed by atoms with E-state index < -0.39 is 17.4 Å². The number of esters is 2. The van der Waals surface area contributed by atoms with E-state index in [9.17, 15) is 14.9 Å². The maximum absolute atomic E-state index is 12.7. The number of hydrogen-bond donors (Lipinski definition) is 0. The second-order valence-corrected chi connectivity index (χ2v) is 11.2. The number of rotatable bonds is 18. The monoisotopic (exact) mass is 583 g/mol. The second kappa shape index (κ2) is 17.8. The van der Waals surface area contributed by atoms with Crippen LogP contribution in [0.2, 0.25) is 0 Å². The van der Waals surface area contributed by atoms with Gasteiger partial charge in [0.05, 0.1) is 18.2 Å². The van der Waals surface area contributed by atoms with Crippen LogP contribution >= 0.6 is 0 Å². The van der Waals surface area contributed by atoms with Crippen LogP contribution in [0.15, 0.2) is 72.8 Å². The van der Waals surface area contributed by atoms with Crippen molar-refractivity contribution in [3.05, 3.63) is 78.4 Å². The van der Waals surface area contributed by atoms with Gasteiger partial charge in [-0.2, -0.15) is 5.26 Å². The molecular weight excluding hydrogens is 538 g/mol. The normalized spacial score (nSPS) is 12.1. The predicted molar refractivity (Wildman–Crippen MR) is 170 cm³/mol. The van der Waals surface area contributed by atoms with Gasteiger partial charge >= 0.3 is 11.9 Å². The highest BCUT2D eigenvalue weighted by molar-refractivity contribution is 5.91.